The van der Waals surface area contributed by atoms with Gasteiger partial charge < -0.3 is 23.4 Å². The number of benzene rings is 2. The molecule has 0 unspecified atom stereocenters. The standard InChI is InChI=1S/C22H20O7/c1-25-22(24)20-12-11-19(29-20)14-28-21(23)15-27-18-9-7-17(8-10-18)26-13-16-5-3-2-4-6-16/h2-12H,13-15H2,1H3. The van der Waals surface area contributed by atoms with Gasteiger partial charge in [0.2, 0.25) is 5.76 Å². The molecular formula is C22H20O7. The van der Waals surface area contributed by atoms with E-state index >= 15 is 0 Å². The predicted octanol–water partition coefficient (Wildman–Crippen LogP) is 3.77. The maximum atomic E-state index is 11.8. The van der Waals surface area contributed by atoms with Crippen LogP contribution in [-0.2, 0) is 27.5 Å². The summed E-state index contributed by atoms with van der Waals surface area (Å²) in [5.74, 6) is 0.429. The van der Waals surface area contributed by atoms with Crippen molar-refractivity contribution < 1.29 is 33.0 Å². The highest BCUT2D eigenvalue weighted by Gasteiger charge is 2.12. The van der Waals surface area contributed by atoms with Gasteiger partial charge in [-0.1, -0.05) is 30.3 Å². The van der Waals surface area contributed by atoms with Gasteiger partial charge in [-0.25, -0.2) is 9.59 Å². The first-order chi connectivity index (χ1) is 14.1. The molecule has 0 aliphatic carbocycles. The fourth-order valence-corrected chi connectivity index (χ4v) is 2.37. The molecule has 0 spiro atoms. The summed E-state index contributed by atoms with van der Waals surface area (Å²) in [6.45, 7) is 0.109. The summed E-state index contributed by atoms with van der Waals surface area (Å²) in [6.07, 6.45) is 0. The van der Waals surface area contributed by atoms with Crippen LogP contribution in [0.25, 0.3) is 0 Å². The minimum atomic E-state index is -0.595. The lowest BCUT2D eigenvalue weighted by molar-refractivity contribution is -0.147. The van der Waals surface area contributed by atoms with E-state index in [4.69, 9.17) is 18.6 Å². The molecule has 0 saturated carbocycles. The Morgan fingerprint density at radius 1 is 0.828 bits per heavy atom. The third kappa shape index (κ3) is 6.14. The third-order valence-electron chi connectivity index (χ3n) is 3.85. The molecule has 0 saturated heterocycles. The zero-order valence-corrected chi connectivity index (χ0v) is 15.8. The summed E-state index contributed by atoms with van der Waals surface area (Å²) in [4.78, 5) is 23.1. The van der Waals surface area contributed by atoms with E-state index in [1.807, 2.05) is 30.3 Å². The molecule has 1 aromatic heterocycles. The molecule has 0 amide bonds. The molecular weight excluding hydrogens is 376 g/mol. The van der Waals surface area contributed by atoms with Gasteiger partial charge in [-0.2, -0.15) is 0 Å². The minimum absolute atomic E-state index is 0.0457. The number of methoxy groups -OCH3 is 1. The largest absolute Gasteiger partial charge is 0.489 e. The average molecular weight is 396 g/mol. The van der Waals surface area contributed by atoms with Crippen LogP contribution in [0, 0.1) is 0 Å². The average Bonchev–Trinajstić information content (AvgIpc) is 3.25. The number of carbonyl (C=O) groups is 2. The molecule has 0 aliphatic heterocycles. The molecule has 150 valence electrons. The maximum absolute atomic E-state index is 11.8. The SMILES string of the molecule is COC(=O)c1ccc(COC(=O)COc2ccc(OCc3ccccc3)cc2)o1. The molecule has 7 nitrogen and oxygen atoms in total. The number of carbonyl (C=O) groups excluding carboxylic acids is 2. The van der Waals surface area contributed by atoms with E-state index in [1.54, 1.807) is 24.3 Å². The Kier molecular flexibility index (Phi) is 6.89. The molecule has 3 rings (SSSR count). The van der Waals surface area contributed by atoms with Crippen molar-refractivity contribution in [3.63, 3.8) is 0 Å². The van der Waals surface area contributed by atoms with Crippen LogP contribution in [0.5, 0.6) is 11.5 Å². The highest BCUT2D eigenvalue weighted by atomic mass is 16.6. The Balaban J connectivity index is 1.39. The Hall–Kier alpha value is -3.74. The van der Waals surface area contributed by atoms with Crippen molar-refractivity contribution in [1.82, 2.24) is 0 Å². The van der Waals surface area contributed by atoms with Gasteiger partial charge in [0.15, 0.2) is 6.61 Å². The maximum Gasteiger partial charge on any atom is 0.373 e. The van der Waals surface area contributed by atoms with Gasteiger partial charge in [0, 0.05) is 0 Å². The van der Waals surface area contributed by atoms with Gasteiger partial charge in [0.25, 0.3) is 0 Å². The van der Waals surface area contributed by atoms with E-state index in [2.05, 4.69) is 4.74 Å². The summed E-state index contributed by atoms with van der Waals surface area (Å²) in [6, 6.07) is 19.8. The van der Waals surface area contributed by atoms with E-state index in [0.29, 0.717) is 23.9 Å². The Morgan fingerprint density at radius 3 is 2.21 bits per heavy atom. The molecule has 0 atom stereocenters. The lowest BCUT2D eigenvalue weighted by Gasteiger charge is -2.09. The quantitative estimate of drug-likeness (QED) is 0.509. The molecule has 0 fully saturated rings. The first kappa shape index (κ1) is 20.0. The first-order valence-electron chi connectivity index (χ1n) is 8.86. The van der Waals surface area contributed by atoms with Gasteiger partial charge in [-0.05, 0) is 42.0 Å². The molecule has 0 N–H and O–H groups in total. The number of rotatable bonds is 9. The van der Waals surface area contributed by atoms with Crippen LogP contribution in [0.2, 0.25) is 0 Å². The molecule has 0 aliphatic rings. The monoisotopic (exact) mass is 396 g/mol. The van der Waals surface area contributed by atoms with Gasteiger partial charge in [0.05, 0.1) is 7.11 Å². The summed E-state index contributed by atoms with van der Waals surface area (Å²) >= 11 is 0. The van der Waals surface area contributed by atoms with Crippen molar-refractivity contribution in [2.24, 2.45) is 0 Å². The van der Waals surface area contributed by atoms with E-state index < -0.39 is 11.9 Å². The Labute approximate surface area is 167 Å². The number of hydrogen-bond donors (Lipinski definition) is 0. The molecule has 7 heteroatoms. The summed E-state index contributed by atoms with van der Waals surface area (Å²) < 4.78 is 25.9. The first-order valence-corrected chi connectivity index (χ1v) is 8.86. The second-order valence-electron chi connectivity index (χ2n) is 5.95. The van der Waals surface area contributed by atoms with Crippen LogP contribution < -0.4 is 9.47 Å². The smallest absolute Gasteiger partial charge is 0.373 e. The van der Waals surface area contributed by atoms with Crippen molar-refractivity contribution in [2.45, 2.75) is 13.2 Å². The van der Waals surface area contributed by atoms with Gasteiger partial charge in [0.1, 0.15) is 30.5 Å². The lowest BCUT2D eigenvalue weighted by atomic mass is 10.2. The summed E-state index contributed by atoms with van der Waals surface area (Å²) in [5.41, 5.74) is 1.07. The zero-order chi connectivity index (χ0) is 20.5. The van der Waals surface area contributed by atoms with Crippen LogP contribution in [0.4, 0.5) is 0 Å². The molecule has 0 radical (unpaired) electrons. The van der Waals surface area contributed by atoms with E-state index in [-0.39, 0.29) is 19.0 Å². The van der Waals surface area contributed by atoms with Crippen LogP contribution in [0.3, 0.4) is 0 Å². The fraction of sp³-hybridized carbons (Fsp3) is 0.182. The summed E-state index contributed by atoms with van der Waals surface area (Å²) in [7, 11) is 1.25. The highest BCUT2D eigenvalue weighted by molar-refractivity contribution is 5.86. The number of hydrogen-bond acceptors (Lipinski definition) is 7. The second-order valence-corrected chi connectivity index (χ2v) is 5.95. The third-order valence-corrected chi connectivity index (χ3v) is 3.85. The Bertz CT molecular complexity index is 929. The predicted molar refractivity (Wildman–Crippen MR) is 103 cm³/mol. The second kappa shape index (κ2) is 9.98. The lowest BCUT2D eigenvalue weighted by Crippen LogP contribution is -2.14. The normalized spacial score (nSPS) is 10.2. The van der Waals surface area contributed by atoms with Gasteiger partial charge in [-0.3, -0.25) is 0 Å². The number of esters is 2. The summed E-state index contributed by atoms with van der Waals surface area (Å²) in [5, 5.41) is 0. The van der Waals surface area contributed by atoms with Crippen LogP contribution >= 0.6 is 0 Å². The number of ether oxygens (including phenoxy) is 4. The molecule has 3 aromatic rings. The van der Waals surface area contributed by atoms with Crippen molar-refractivity contribution in [3.05, 3.63) is 83.8 Å². The van der Waals surface area contributed by atoms with E-state index in [9.17, 15) is 9.59 Å². The molecule has 29 heavy (non-hydrogen) atoms. The van der Waals surface area contributed by atoms with Crippen molar-refractivity contribution in [3.8, 4) is 11.5 Å². The van der Waals surface area contributed by atoms with Crippen molar-refractivity contribution in [2.75, 3.05) is 13.7 Å². The minimum Gasteiger partial charge on any atom is -0.489 e. The van der Waals surface area contributed by atoms with E-state index in [1.165, 1.54) is 19.2 Å². The van der Waals surface area contributed by atoms with Gasteiger partial charge in [-0.15, -0.1) is 0 Å². The van der Waals surface area contributed by atoms with Crippen LogP contribution in [-0.4, -0.2) is 25.7 Å². The Morgan fingerprint density at radius 2 is 1.52 bits per heavy atom. The van der Waals surface area contributed by atoms with Gasteiger partial charge >= 0.3 is 11.9 Å². The molecule has 1 heterocycles. The van der Waals surface area contributed by atoms with Crippen molar-refractivity contribution in [1.29, 1.82) is 0 Å². The molecule has 2 aromatic carbocycles. The van der Waals surface area contributed by atoms with Crippen LogP contribution in [0.15, 0.2) is 71.1 Å². The highest BCUT2D eigenvalue weighted by Crippen LogP contribution is 2.19. The zero-order valence-electron chi connectivity index (χ0n) is 15.8. The number of furan rings is 1. The van der Waals surface area contributed by atoms with E-state index in [0.717, 1.165) is 5.56 Å². The van der Waals surface area contributed by atoms with Crippen LogP contribution in [0.1, 0.15) is 21.9 Å². The fourth-order valence-electron chi connectivity index (χ4n) is 2.37. The topological polar surface area (TPSA) is 84.2 Å². The molecule has 0 bridgehead atoms. The van der Waals surface area contributed by atoms with Crippen molar-refractivity contribution >= 4 is 11.9 Å².